The second kappa shape index (κ2) is 6.75. The number of hydrogen-bond acceptors (Lipinski definition) is 4. The predicted octanol–water partition coefficient (Wildman–Crippen LogP) is 2.29. The molecule has 0 bridgehead atoms. The van der Waals surface area contributed by atoms with E-state index in [1.807, 2.05) is 19.9 Å². The smallest absolute Gasteiger partial charge is 0.241 e. The molecule has 0 unspecified atom stereocenters. The number of rotatable bonds is 6. The van der Waals surface area contributed by atoms with Gasteiger partial charge in [0.05, 0.1) is 16.7 Å². The highest BCUT2D eigenvalue weighted by molar-refractivity contribution is 7.89. The third kappa shape index (κ3) is 4.97. The molecule has 1 atom stereocenters. The van der Waals surface area contributed by atoms with E-state index < -0.39 is 21.5 Å². The predicted molar refractivity (Wildman–Crippen MR) is 81.4 cm³/mol. The van der Waals surface area contributed by atoms with Gasteiger partial charge in [0.15, 0.2) is 0 Å². The summed E-state index contributed by atoms with van der Waals surface area (Å²) in [6.07, 6.45) is -0.0683. The maximum Gasteiger partial charge on any atom is 0.241 e. The summed E-state index contributed by atoms with van der Waals surface area (Å²) < 4.78 is 27.1. The Morgan fingerprint density at radius 1 is 1.48 bits per heavy atom. The molecule has 1 rings (SSSR count). The number of nitriles is 1. The van der Waals surface area contributed by atoms with Crippen LogP contribution in [0, 0.1) is 16.7 Å². The van der Waals surface area contributed by atoms with Crippen LogP contribution in [0.2, 0.25) is 5.02 Å². The van der Waals surface area contributed by atoms with Crippen LogP contribution in [-0.2, 0) is 10.0 Å². The van der Waals surface area contributed by atoms with Crippen molar-refractivity contribution in [1.29, 1.82) is 5.26 Å². The van der Waals surface area contributed by atoms with Crippen molar-refractivity contribution in [2.45, 2.75) is 38.2 Å². The molecule has 1 aromatic rings. The standard InChI is InChI=1S/C14H19ClN2O3S/c1-10(18)7-14(2,3)9-17-21(19,20)13-6-4-5-12(15)11(13)8-16/h4-6,10,17-18H,7,9H2,1-3H3/t10-/m1/s1. The summed E-state index contributed by atoms with van der Waals surface area (Å²) in [6.45, 7) is 5.51. The molecule has 0 radical (unpaired) electrons. The van der Waals surface area contributed by atoms with Crippen LogP contribution < -0.4 is 4.72 Å². The molecule has 0 amide bonds. The maximum absolute atomic E-state index is 12.3. The average molecular weight is 331 g/mol. The highest BCUT2D eigenvalue weighted by Crippen LogP contribution is 2.25. The molecule has 0 aliphatic carbocycles. The van der Waals surface area contributed by atoms with Gasteiger partial charge >= 0.3 is 0 Å². The van der Waals surface area contributed by atoms with Crippen molar-refractivity contribution in [2.24, 2.45) is 5.41 Å². The van der Waals surface area contributed by atoms with Crippen LogP contribution in [0.5, 0.6) is 0 Å². The Kier molecular flexibility index (Phi) is 5.76. The van der Waals surface area contributed by atoms with Crippen LogP contribution in [0.15, 0.2) is 23.1 Å². The lowest BCUT2D eigenvalue weighted by atomic mass is 9.87. The van der Waals surface area contributed by atoms with Crippen LogP contribution in [0.4, 0.5) is 0 Å². The fourth-order valence-corrected chi connectivity index (χ4v) is 3.77. The molecular weight excluding hydrogens is 312 g/mol. The molecule has 21 heavy (non-hydrogen) atoms. The molecule has 1 aromatic carbocycles. The molecule has 0 aliphatic rings. The molecule has 0 saturated heterocycles. The van der Waals surface area contributed by atoms with Gasteiger partial charge in [-0.05, 0) is 30.9 Å². The van der Waals surface area contributed by atoms with Crippen LogP contribution >= 0.6 is 11.6 Å². The number of nitrogens with zero attached hydrogens (tertiary/aromatic N) is 1. The third-order valence-electron chi connectivity index (χ3n) is 2.97. The van der Waals surface area contributed by atoms with E-state index in [1.165, 1.54) is 18.2 Å². The van der Waals surface area contributed by atoms with Crippen molar-refractivity contribution >= 4 is 21.6 Å². The summed E-state index contributed by atoms with van der Waals surface area (Å²) in [5.74, 6) is 0. The molecule has 0 aromatic heterocycles. The first-order valence-corrected chi connectivity index (χ1v) is 8.31. The molecule has 0 saturated carbocycles. The van der Waals surface area contributed by atoms with E-state index in [0.717, 1.165) is 0 Å². The minimum Gasteiger partial charge on any atom is -0.393 e. The highest BCUT2D eigenvalue weighted by atomic mass is 35.5. The Morgan fingerprint density at radius 2 is 2.10 bits per heavy atom. The van der Waals surface area contributed by atoms with Gasteiger partial charge in [0, 0.05) is 6.54 Å². The number of benzene rings is 1. The van der Waals surface area contributed by atoms with Crippen molar-refractivity contribution in [1.82, 2.24) is 4.72 Å². The number of halogens is 1. The Morgan fingerprint density at radius 3 is 2.62 bits per heavy atom. The Bertz CT molecular complexity index is 649. The maximum atomic E-state index is 12.3. The quantitative estimate of drug-likeness (QED) is 0.837. The third-order valence-corrected chi connectivity index (χ3v) is 4.72. The average Bonchev–Trinajstić information content (AvgIpc) is 2.35. The number of aliphatic hydroxyl groups excluding tert-OH is 1. The van der Waals surface area contributed by atoms with Gasteiger partial charge < -0.3 is 5.11 Å². The summed E-state index contributed by atoms with van der Waals surface area (Å²) in [5.41, 5.74) is -0.480. The molecule has 116 valence electrons. The second-order valence-corrected chi connectivity index (χ2v) is 7.91. The molecule has 7 heteroatoms. The molecular formula is C14H19ClN2O3S. The van der Waals surface area contributed by atoms with Crippen LogP contribution in [0.25, 0.3) is 0 Å². The van der Waals surface area contributed by atoms with Gasteiger partial charge in [-0.2, -0.15) is 5.26 Å². The number of nitrogens with one attached hydrogen (secondary N) is 1. The van der Waals surface area contributed by atoms with E-state index in [1.54, 1.807) is 6.92 Å². The zero-order chi connectivity index (χ0) is 16.3. The highest BCUT2D eigenvalue weighted by Gasteiger charge is 2.26. The summed E-state index contributed by atoms with van der Waals surface area (Å²) in [6, 6.07) is 6.10. The van der Waals surface area contributed by atoms with Gasteiger partial charge in [-0.25, -0.2) is 13.1 Å². The van der Waals surface area contributed by atoms with Gasteiger partial charge in [0.25, 0.3) is 0 Å². The number of sulfonamides is 1. The summed E-state index contributed by atoms with van der Waals surface area (Å²) in [4.78, 5) is -0.134. The van der Waals surface area contributed by atoms with E-state index >= 15 is 0 Å². The zero-order valence-electron chi connectivity index (χ0n) is 12.2. The lowest BCUT2D eigenvalue weighted by Gasteiger charge is -2.26. The monoisotopic (exact) mass is 330 g/mol. The van der Waals surface area contributed by atoms with Crippen molar-refractivity contribution < 1.29 is 13.5 Å². The first-order valence-electron chi connectivity index (χ1n) is 6.45. The van der Waals surface area contributed by atoms with E-state index in [4.69, 9.17) is 16.9 Å². The van der Waals surface area contributed by atoms with E-state index in [0.29, 0.717) is 6.42 Å². The van der Waals surface area contributed by atoms with Crippen LogP contribution in [0.3, 0.4) is 0 Å². The molecule has 0 spiro atoms. The van der Waals surface area contributed by atoms with Gasteiger partial charge in [-0.1, -0.05) is 31.5 Å². The van der Waals surface area contributed by atoms with Crippen molar-refractivity contribution in [2.75, 3.05) is 6.54 Å². The van der Waals surface area contributed by atoms with Gasteiger partial charge in [-0.15, -0.1) is 0 Å². The lowest BCUT2D eigenvalue weighted by Crippen LogP contribution is -2.36. The van der Waals surface area contributed by atoms with Crippen LogP contribution in [-0.4, -0.2) is 26.2 Å². The Balaban J connectivity index is 2.99. The Labute approximate surface area is 130 Å². The van der Waals surface area contributed by atoms with Crippen molar-refractivity contribution in [3.8, 4) is 6.07 Å². The normalized spacial score (nSPS) is 13.7. The van der Waals surface area contributed by atoms with Gasteiger partial charge in [0.2, 0.25) is 10.0 Å². The minimum atomic E-state index is -3.83. The zero-order valence-corrected chi connectivity index (χ0v) is 13.8. The molecule has 5 nitrogen and oxygen atoms in total. The molecule has 0 fully saturated rings. The van der Waals surface area contributed by atoms with Crippen molar-refractivity contribution in [3.63, 3.8) is 0 Å². The van der Waals surface area contributed by atoms with Gasteiger partial charge in [-0.3, -0.25) is 0 Å². The second-order valence-electron chi connectivity index (χ2n) is 5.77. The van der Waals surface area contributed by atoms with Gasteiger partial charge in [0.1, 0.15) is 11.0 Å². The summed E-state index contributed by atoms with van der Waals surface area (Å²) >= 11 is 5.85. The fourth-order valence-electron chi connectivity index (χ4n) is 2.08. The van der Waals surface area contributed by atoms with Crippen molar-refractivity contribution in [3.05, 3.63) is 28.8 Å². The summed E-state index contributed by atoms with van der Waals surface area (Å²) in [5, 5.41) is 18.6. The SMILES string of the molecule is C[C@@H](O)CC(C)(C)CNS(=O)(=O)c1cccc(Cl)c1C#N. The topological polar surface area (TPSA) is 90.2 Å². The Hall–Kier alpha value is -1.13. The van der Waals surface area contributed by atoms with E-state index in [9.17, 15) is 13.5 Å². The molecule has 0 heterocycles. The lowest BCUT2D eigenvalue weighted by molar-refractivity contribution is 0.131. The molecule has 2 N–H and O–H groups in total. The number of hydrogen-bond donors (Lipinski definition) is 2. The molecule has 0 aliphatic heterocycles. The minimum absolute atomic E-state index is 0.0694. The first kappa shape index (κ1) is 17.9. The number of aliphatic hydroxyl groups is 1. The van der Waals surface area contributed by atoms with Crippen LogP contribution in [0.1, 0.15) is 32.8 Å². The first-order chi connectivity index (χ1) is 9.59. The van der Waals surface area contributed by atoms with E-state index in [-0.39, 0.29) is 22.0 Å². The largest absolute Gasteiger partial charge is 0.393 e. The van der Waals surface area contributed by atoms with E-state index in [2.05, 4.69) is 4.72 Å². The summed E-state index contributed by atoms with van der Waals surface area (Å²) in [7, 11) is -3.83. The fraction of sp³-hybridized carbons (Fsp3) is 0.500.